The van der Waals surface area contributed by atoms with Crippen molar-refractivity contribution in [2.24, 2.45) is 0 Å². The molecular weight excluding hydrogens is 232 g/mol. The minimum absolute atomic E-state index is 0.123. The molecular formula is C14H26O4. The maximum atomic E-state index is 11.5. The number of carbonyl (C=O) groups is 1. The van der Waals surface area contributed by atoms with E-state index in [1.165, 1.54) is 32.1 Å². The summed E-state index contributed by atoms with van der Waals surface area (Å²) in [6.45, 7) is 3.45. The SMILES string of the molecule is CCCCCCCCCC(=O)OC1COCOC1. The lowest BCUT2D eigenvalue weighted by atomic mass is 10.1. The van der Waals surface area contributed by atoms with Gasteiger partial charge in [-0.25, -0.2) is 0 Å². The fraction of sp³-hybridized carbons (Fsp3) is 0.929. The normalized spacial score (nSPS) is 16.7. The van der Waals surface area contributed by atoms with Gasteiger partial charge in [0.15, 0.2) is 0 Å². The van der Waals surface area contributed by atoms with Crippen LogP contribution in [-0.4, -0.2) is 32.1 Å². The Kier molecular flexibility index (Phi) is 8.86. The van der Waals surface area contributed by atoms with Gasteiger partial charge in [-0.1, -0.05) is 45.4 Å². The van der Waals surface area contributed by atoms with Gasteiger partial charge in [0.2, 0.25) is 0 Å². The largest absolute Gasteiger partial charge is 0.457 e. The molecule has 4 nitrogen and oxygen atoms in total. The van der Waals surface area contributed by atoms with Crippen LogP contribution < -0.4 is 0 Å². The Balaban J connectivity index is 1.90. The van der Waals surface area contributed by atoms with Crippen molar-refractivity contribution in [2.75, 3.05) is 20.0 Å². The molecule has 0 aromatic rings. The van der Waals surface area contributed by atoms with Gasteiger partial charge in [-0.3, -0.25) is 4.79 Å². The van der Waals surface area contributed by atoms with Gasteiger partial charge in [0.05, 0.1) is 13.2 Å². The van der Waals surface area contributed by atoms with Crippen LogP contribution in [0.25, 0.3) is 0 Å². The molecule has 1 aliphatic rings. The molecule has 1 heterocycles. The van der Waals surface area contributed by atoms with E-state index in [1.807, 2.05) is 0 Å². The summed E-state index contributed by atoms with van der Waals surface area (Å²) in [4.78, 5) is 11.5. The summed E-state index contributed by atoms with van der Waals surface area (Å²) in [7, 11) is 0. The lowest BCUT2D eigenvalue weighted by Gasteiger charge is -2.22. The van der Waals surface area contributed by atoms with Crippen molar-refractivity contribution in [3.63, 3.8) is 0 Å². The van der Waals surface area contributed by atoms with Crippen LogP contribution in [0.2, 0.25) is 0 Å². The molecule has 1 fully saturated rings. The first kappa shape index (κ1) is 15.4. The zero-order valence-electron chi connectivity index (χ0n) is 11.5. The van der Waals surface area contributed by atoms with Crippen LogP contribution in [0.15, 0.2) is 0 Å². The maximum absolute atomic E-state index is 11.5. The quantitative estimate of drug-likeness (QED) is 0.471. The van der Waals surface area contributed by atoms with Gasteiger partial charge in [0.1, 0.15) is 12.9 Å². The molecule has 0 unspecified atom stereocenters. The summed E-state index contributed by atoms with van der Waals surface area (Å²) in [6.07, 6.45) is 8.78. The summed E-state index contributed by atoms with van der Waals surface area (Å²) in [5.74, 6) is -0.123. The van der Waals surface area contributed by atoms with Crippen molar-refractivity contribution < 1.29 is 19.0 Å². The van der Waals surface area contributed by atoms with Gasteiger partial charge in [-0.2, -0.15) is 0 Å². The molecule has 0 atom stereocenters. The Bertz CT molecular complexity index is 212. The minimum atomic E-state index is -0.212. The van der Waals surface area contributed by atoms with Crippen molar-refractivity contribution in [3.05, 3.63) is 0 Å². The molecule has 1 aliphatic heterocycles. The predicted octanol–water partition coefficient (Wildman–Crippen LogP) is 3.04. The summed E-state index contributed by atoms with van der Waals surface area (Å²) in [6, 6.07) is 0. The molecule has 0 aromatic carbocycles. The highest BCUT2D eigenvalue weighted by atomic mass is 16.7. The molecule has 0 aromatic heterocycles. The van der Waals surface area contributed by atoms with E-state index in [4.69, 9.17) is 14.2 Å². The molecule has 0 bridgehead atoms. The molecule has 18 heavy (non-hydrogen) atoms. The van der Waals surface area contributed by atoms with Gasteiger partial charge in [-0.15, -0.1) is 0 Å². The van der Waals surface area contributed by atoms with Gasteiger partial charge >= 0.3 is 5.97 Å². The first-order valence-corrected chi connectivity index (χ1v) is 7.18. The molecule has 0 N–H and O–H groups in total. The van der Waals surface area contributed by atoms with E-state index < -0.39 is 0 Å². The molecule has 0 spiro atoms. The van der Waals surface area contributed by atoms with Crippen molar-refractivity contribution in [2.45, 2.75) is 64.4 Å². The van der Waals surface area contributed by atoms with Crippen LogP contribution in [0.4, 0.5) is 0 Å². The summed E-state index contributed by atoms with van der Waals surface area (Å²) in [5.41, 5.74) is 0. The number of carbonyl (C=O) groups excluding carboxylic acids is 1. The highest BCUT2D eigenvalue weighted by Crippen LogP contribution is 2.10. The lowest BCUT2D eigenvalue weighted by molar-refractivity contribution is -0.183. The highest BCUT2D eigenvalue weighted by Gasteiger charge is 2.18. The molecule has 0 radical (unpaired) electrons. The van der Waals surface area contributed by atoms with E-state index in [9.17, 15) is 4.79 Å². The Morgan fingerprint density at radius 1 is 1.06 bits per heavy atom. The van der Waals surface area contributed by atoms with Crippen LogP contribution in [0.3, 0.4) is 0 Å². The van der Waals surface area contributed by atoms with Gasteiger partial charge in [0, 0.05) is 6.42 Å². The van der Waals surface area contributed by atoms with Crippen molar-refractivity contribution in [1.82, 2.24) is 0 Å². The second kappa shape index (κ2) is 10.3. The number of ether oxygens (including phenoxy) is 3. The van der Waals surface area contributed by atoms with Crippen LogP contribution >= 0.6 is 0 Å². The molecule has 4 heteroatoms. The topological polar surface area (TPSA) is 44.8 Å². The average Bonchev–Trinajstić information content (AvgIpc) is 2.39. The second-order valence-electron chi connectivity index (χ2n) is 4.84. The standard InChI is InChI=1S/C14H26O4/c1-2-3-4-5-6-7-8-9-14(15)18-13-10-16-12-17-11-13/h13H,2-12H2,1H3. The minimum Gasteiger partial charge on any atom is -0.457 e. The molecule has 0 saturated carbocycles. The van der Waals surface area contributed by atoms with E-state index in [-0.39, 0.29) is 12.1 Å². The van der Waals surface area contributed by atoms with E-state index in [2.05, 4.69) is 6.92 Å². The third-order valence-corrected chi connectivity index (χ3v) is 3.06. The first-order valence-electron chi connectivity index (χ1n) is 7.18. The highest BCUT2D eigenvalue weighted by molar-refractivity contribution is 5.69. The van der Waals surface area contributed by atoms with E-state index in [0.717, 1.165) is 12.8 Å². The number of esters is 1. The Hall–Kier alpha value is -0.610. The first-order chi connectivity index (χ1) is 8.83. The van der Waals surface area contributed by atoms with Crippen molar-refractivity contribution in [3.8, 4) is 0 Å². The monoisotopic (exact) mass is 258 g/mol. The van der Waals surface area contributed by atoms with Crippen LogP contribution in [0.1, 0.15) is 58.3 Å². The molecule has 0 amide bonds. The Morgan fingerprint density at radius 2 is 1.67 bits per heavy atom. The average molecular weight is 258 g/mol. The summed E-state index contributed by atoms with van der Waals surface area (Å²) in [5, 5.41) is 0. The molecule has 1 saturated heterocycles. The van der Waals surface area contributed by atoms with Gasteiger partial charge in [0.25, 0.3) is 0 Å². The number of hydrogen-bond donors (Lipinski definition) is 0. The number of rotatable bonds is 9. The Morgan fingerprint density at radius 3 is 2.33 bits per heavy atom. The summed E-state index contributed by atoms with van der Waals surface area (Å²) >= 11 is 0. The smallest absolute Gasteiger partial charge is 0.306 e. The predicted molar refractivity (Wildman–Crippen MR) is 69.3 cm³/mol. The fourth-order valence-corrected chi connectivity index (χ4v) is 2.01. The number of unbranched alkanes of at least 4 members (excludes halogenated alkanes) is 6. The van der Waals surface area contributed by atoms with Crippen LogP contribution in [0, 0.1) is 0 Å². The van der Waals surface area contributed by atoms with Crippen LogP contribution in [0.5, 0.6) is 0 Å². The zero-order chi connectivity index (χ0) is 13.1. The molecule has 1 rings (SSSR count). The zero-order valence-corrected chi connectivity index (χ0v) is 11.5. The third-order valence-electron chi connectivity index (χ3n) is 3.06. The fourth-order valence-electron chi connectivity index (χ4n) is 2.01. The van der Waals surface area contributed by atoms with Crippen LogP contribution in [-0.2, 0) is 19.0 Å². The van der Waals surface area contributed by atoms with E-state index >= 15 is 0 Å². The van der Waals surface area contributed by atoms with Gasteiger partial charge in [-0.05, 0) is 6.42 Å². The second-order valence-corrected chi connectivity index (χ2v) is 4.84. The number of hydrogen-bond acceptors (Lipinski definition) is 4. The van der Waals surface area contributed by atoms with Crippen molar-refractivity contribution in [1.29, 1.82) is 0 Å². The lowest BCUT2D eigenvalue weighted by Crippen LogP contribution is -2.33. The van der Waals surface area contributed by atoms with Crippen molar-refractivity contribution >= 4 is 5.97 Å². The third kappa shape index (κ3) is 7.67. The summed E-state index contributed by atoms with van der Waals surface area (Å²) < 4.78 is 15.4. The van der Waals surface area contributed by atoms with E-state index in [1.54, 1.807) is 0 Å². The van der Waals surface area contributed by atoms with E-state index in [0.29, 0.717) is 26.4 Å². The molecule has 106 valence electrons. The molecule has 0 aliphatic carbocycles. The van der Waals surface area contributed by atoms with Gasteiger partial charge < -0.3 is 14.2 Å². The maximum Gasteiger partial charge on any atom is 0.306 e. The Labute approximate surface area is 110 Å².